The highest BCUT2D eigenvalue weighted by Gasteiger charge is 2.25. The molecule has 1 aromatic heterocycles. The van der Waals surface area contributed by atoms with Gasteiger partial charge >= 0.3 is 0 Å². The Kier molecular flexibility index (Phi) is 2.92. The fourth-order valence-electron chi connectivity index (χ4n) is 2.10. The normalized spacial score (nSPS) is 24.2. The van der Waals surface area contributed by atoms with Crippen LogP contribution in [0.1, 0.15) is 18.5 Å². The molecule has 0 spiro atoms. The molecule has 0 aromatic carbocycles. The second-order valence-corrected chi connectivity index (χ2v) is 6.63. The van der Waals surface area contributed by atoms with Crippen LogP contribution in [-0.4, -0.2) is 35.7 Å². The lowest BCUT2D eigenvalue weighted by molar-refractivity contribution is 0.562. The van der Waals surface area contributed by atoms with Gasteiger partial charge in [-0.3, -0.25) is 4.68 Å². The van der Waals surface area contributed by atoms with Crippen molar-refractivity contribution in [1.29, 1.82) is 0 Å². The lowest BCUT2D eigenvalue weighted by Gasteiger charge is -2.23. The fraction of sp³-hybridized carbons (Fsp3) is 0.700. The molecule has 0 aliphatic carbocycles. The maximum Gasteiger partial charge on any atom is 0.152 e. The summed E-state index contributed by atoms with van der Waals surface area (Å²) in [6.07, 6.45) is 3.55. The highest BCUT2D eigenvalue weighted by Crippen LogP contribution is 2.19. The molecule has 5 nitrogen and oxygen atoms in total. The fourth-order valence-corrected chi connectivity index (χ4v) is 3.73. The van der Waals surface area contributed by atoms with Gasteiger partial charge in [-0.1, -0.05) is 0 Å². The van der Waals surface area contributed by atoms with Crippen molar-refractivity contribution in [3.63, 3.8) is 0 Å². The summed E-state index contributed by atoms with van der Waals surface area (Å²) in [5, 5.41) is 7.48. The SMILES string of the molecule is Cc1nn(C)cc1NC1CCCS(=O)(=O)C1. The van der Waals surface area contributed by atoms with Crippen molar-refractivity contribution in [2.24, 2.45) is 7.05 Å². The first-order valence-electron chi connectivity index (χ1n) is 5.43. The van der Waals surface area contributed by atoms with E-state index in [1.807, 2.05) is 20.2 Å². The van der Waals surface area contributed by atoms with E-state index in [1.165, 1.54) is 0 Å². The van der Waals surface area contributed by atoms with Gasteiger partial charge in [-0.05, 0) is 19.8 Å². The number of aromatic nitrogens is 2. The molecule has 0 bridgehead atoms. The topological polar surface area (TPSA) is 64.0 Å². The van der Waals surface area contributed by atoms with Crippen molar-refractivity contribution in [2.45, 2.75) is 25.8 Å². The van der Waals surface area contributed by atoms with E-state index in [4.69, 9.17) is 0 Å². The zero-order chi connectivity index (χ0) is 11.8. The first-order valence-corrected chi connectivity index (χ1v) is 7.25. The first kappa shape index (κ1) is 11.4. The van der Waals surface area contributed by atoms with Crippen molar-refractivity contribution in [2.75, 3.05) is 16.8 Å². The average Bonchev–Trinajstić information content (AvgIpc) is 2.43. The van der Waals surface area contributed by atoms with Crippen molar-refractivity contribution < 1.29 is 8.42 Å². The predicted octanol–water partition coefficient (Wildman–Crippen LogP) is 0.718. The third-order valence-corrected chi connectivity index (χ3v) is 4.66. The number of rotatable bonds is 2. The summed E-state index contributed by atoms with van der Waals surface area (Å²) in [5.41, 5.74) is 1.84. The monoisotopic (exact) mass is 243 g/mol. The average molecular weight is 243 g/mol. The Bertz CT molecular complexity index is 478. The molecule has 0 saturated carbocycles. The molecule has 1 aliphatic heterocycles. The Labute approximate surface area is 95.8 Å². The molecule has 1 atom stereocenters. The zero-order valence-corrected chi connectivity index (χ0v) is 10.4. The molecule has 0 amide bonds. The predicted molar refractivity (Wildman–Crippen MR) is 63.2 cm³/mol. The van der Waals surface area contributed by atoms with Gasteiger partial charge in [0.15, 0.2) is 9.84 Å². The van der Waals surface area contributed by atoms with Crippen molar-refractivity contribution in [3.05, 3.63) is 11.9 Å². The second-order valence-electron chi connectivity index (χ2n) is 4.40. The van der Waals surface area contributed by atoms with Crippen LogP contribution in [0, 0.1) is 6.92 Å². The maximum absolute atomic E-state index is 11.5. The van der Waals surface area contributed by atoms with Crippen LogP contribution in [0.25, 0.3) is 0 Å². The molecule has 1 N–H and O–H groups in total. The minimum absolute atomic E-state index is 0.0293. The van der Waals surface area contributed by atoms with E-state index in [0.29, 0.717) is 5.75 Å². The Morgan fingerprint density at radius 3 is 2.88 bits per heavy atom. The van der Waals surface area contributed by atoms with Crippen LogP contribution in [0.15, 0.2) is 6.20 Å². The third kappa shape index (κ3) is 2.55. The standard InChI is InChI=1S/C10H17N3O2S/c1-8-10(6-13(2)12-8)11-9-4-3-5-16(14,15)7-9/h6,9,11H,3-5,7H2,1-2H3. The summed E-state index contributed by atoms with van der Waals surface area (Å²) in [7, 11) is -0.991. The molecule has 2 rings (SSSR count). The number of sulfone groups is 1. The molecule has 1 aromatic rings. The van der Waals surface area contributed by atoms with Gasteiger partial charge in [0, 0.05) is 19.3 Å². The van der Waals surface area contributed by atoms with Gasteiger partial charge in [0.05, 0.1) is 22.9 Å². The molecular formula is C10H17N3O2S. The lowest BCUT2D eigenvalue weighted by atomic mass is 10.2. The van der Waals surface area contributed by atoms with E-state index >= 15 is 0 Å². The van der Waals surface area contributed by atoms with Crippen LogP contribution < -0.4 is 5.32 Å². The molecule has 0 radical (unpaired) electrons. The molecule has 90 valence electrons. The molecule has 16 heavy (non-hydrogen) atoms. The summed E-state index contributed by atoms with van der Waals surface area (Å²) < 4.78 is 24.7. The van der Waals surface area contributed by atoms with Gasteiger partial charge in [0.2, 0.25) is 0 Å². The van der Waals surface area contributed by atoms with Crippen molar-refractivity contribution in [3.8, 4) is 0 Å². The number of hydrogen-bond acceptors (Lipinski definition) is 4. The van der Waals surface area contributed by atoms with E-state index in [-0.39, 0.29) is 11.8 Å². The van der Waals surface area contributed by atoms with Crippen LogP contribution in [0.3, 0.4) is 0 Å². The Morgan fingerprint density at radius 1 is 1.56 bits per heavy atom. The molecule has 1 fully saturated rings. The highest BCUT2D eigenvalue weighted by molar-refractivity contribution is 7.91. The maximum atomic E-state index is 11.5. The third-order valence-electron chi connectivity index (χ3n) is 2.84. The van der Waals surface area contributed by atoms with E-state index in [2.05, 4.69) is 10.4 Å². The summed E-state index contributed by atoms with van der Waals surface area (Å²) in [6.45, 7) is 1.92. The van der Waals surface area contributed by atoms with Crippen LogP contribution in [0.4, 0.5) is 5.69 Å². The number of nitrogens with one attached hydrogen (secondary N) is 1. The van der Waals surface area contributed by atoms with E-state index < -0.39 is 9.84 Å². The summed E-state index contributed by atoms with van der Waals surface area (Å²) >= 11 is 0. The van der Waals surface area contributed by atoms with Crippen LogP contribution in [0.5, 0.6) is 0 Å². The minimum Gasteiger partial charge on any atom is -0.379 e. The van der Waals surface area contributed by atoms with E-state index in [0.717, 1.165) is 24.2 Å². The van der Waals surface area contributed by atoms with Crippen LogP contribution in [-0.2, 0) is 16.9 Å². The number of anilines is 1. The van der Waals surface area contributed by atoms with E-state index in [1.54, 1.807) is 4.68 Å². The highest BCUT2D eigenvalue weighted by atomic mass is 32.2. The van der Waals surface area contributed by atoms with Crippen LogP contribution in [0.2, 0.25) is 0 Å². The molecule has 1 unspecified atom stereocenters. The molecular weight excluding hydrogens is 226 g/mol. The zero-order valence-electron chi connectivity index (χ0n) is 9.60. The van der Waals surface area contributed by atoms with Crippen molar-refractivity contribution >= 4 is 15.5 Å². The largest absolute Gasteiger partial charge is 0.379 e. The van der Waals surface area contributed by atoms with E-state index in [9.17, 15) is 8.42 Å². The first-order chi connectivity index (χ1) is 7.46. The second kappa shape index (κ2) is 4.08. The Hall–Kier alpha value is -1.04. The van der Waals surface area contributed by atoms with Gasteiger partial charge in [0.1, 0.15) is 0 Å². The molecule has 1 aliphatic rings. The number of hydrogen-bond donors (Lipinski definition) is 1. The molecule has 2 heterocycles. The summed E-state index contributed by atoms with van der Waals surface area (Å²) in [5.74, 6) is 0.568. The van der Waals surface area contributed by atoms with Crippen molar-refractivity contribution in [1.82, 2.24) is 9.78 Å². The van der Waals surface area contributed by atoms with Gasteiger partial charge in [-0.15, -0.1) is 0 Å². The number of aryl methyl sites for hydroxylation is 2. The lowest BCUT2D eigenvalue weighted by Crippen LogP contribution is -2.34. The quantitative estimate of drug-likeness (QED) is 0.831. The Morgan fingerprint density at radius 2 is 2.31 bits per heavy atom. The Balaban J connectivity index is 2.07. The number of nitrogens with zero attached hydrogens (tertiary/aromatic N) is 2. The smallest absolute Gasteiger partial charge is 0.152 e. The van der Waals surface area contributed by atoms with Crippen LogP contribution >= 0.6 is 0 Å². The van der Waals surface area contributed by atoms with Gasteiger partial charge in [-0.2, -0.15) is 5.10 Å². The summed E-state index contributed by atoms with van der Waals surface area (Å²) in [4.78, 5) is 0. The molecule has 1 saturated heterocycles. The summed E-state index contributed by atoms with van der Waals surface area (Å²) in [6, 6.07) is 0.0293. The van der Waals surface area contributed by atoms with Gasteiger partial charge in [-0.25, -0.2) is 8.42 Å². The minimum atomic E-state index is -2.85. The molecule has 6 heteroatoms. The van der Waals surface area contributed by atoms with Gasteiger partial charge in [0.25, 0.3) is 0 Å². The van der Waals surface area contributed by atoms with Gasteiger partial charge < -0.3 is 5.32 Å².